The highest BCUT2D eigenvalue weighted by Gasteiger charge is 2.21. The molecule has 1 heterocycles. The highest BCUT2D eigenvalue weighted by Crippen LogP contribution is 2.17. The molecular formula is C13H28N2O. The molecule has 0 aliphatic carbocycles. The third-order valence-electron chi connectivity index (χ3n) is 3.50. The molecule has 96 valence electrons. The molecule has 16 heavy (non-hydrogen) atoms. The summed E-state index contributed by atoms with van der Waals surface area (Å²) in [6.07, 6.45) is 5.08. The van der Waals surface area contributed by atoms with Gasteiger partial charge in [-0.15, -0.1) is 0 Å². The first kappa shape index (κ1) is 13.9. The van der Waals surface area contributed by atoms with E-state index in [2.05, 4.69) is 24.1 Å². The summed E-state index contributed by atoms with van der Waals surface area (Å²) in [4.78, 5) is 2.50. The van der Waals surface area contributed by atoms with Gasteiger partial charge in [-0.2, -0.15) is 0 Å². The molecule has 1 aliphatic heterocycles. The van der Waals surface area contributed by atoms with Crippen LogP contribution in [0, 0.1) is 5.92 Å². The van der Waals surface area contributed by atoms with Crippen LogP contribution in [-0.2, 0) is 0 Å². The Balaban J connectivity index is 2.35. The van der Waals surface area contributed by atoms with E-state index in [0.717, 1.165) is 19.6 Å². The van der Waals surface area contributed by atoms with E-state index in [1.807, 2.05) is 0 Å². The van der Waals surface area contributed by atoms with Gasteiger partial charge in [0.05, 0.1) is 6.61 Å². The van der Waals surface area contributed by atoms with Gasteiger partial charge in [0.1, 0.15) is 0 Å². The molecule has 0 spiro atoms. The van der Waals surface area contributed by atoms with Gasteiger partial charge in [0.25, 0.3) is 0 Å². The average Bonchev–Trinajstić information content (AvgIpc) is 2.51. The smallest absolute Gasteiger partial charge is 0.0586 e. The van der Waals surface area contributed by atoms with Gasteiger partial charge in [-0.1, -0.05) is 26.7 Å². The molecule has 0 amide bonds. The minimum atomic E-state index is 0.327. The Morgan fingerprint density at radius 3 is 2.88 bits per heavy atom. The van der Waals surface area contributed by atoms with Crippen LogP contribution in [0.2, 0.25) is 0 Å². The molecular weight excluding hydrogens is 200 g/mol. The molecule has 1 fully saturated rings. The monoisotopic (exact) mass is 228 g/mol. The van der Waals surface area contributed by atoms with E-state index in [1.54, 1.807) is 0 Å². The van der Waals surface area contributed by atoms with Gasteiger partial charge in [-0.25, -0.2) is 0 Å². The molecule has 2 unspecified atom stereocenters. The lowest BCUT2D eigenvalue weighted by Gasteiger charge is -2.31. The molecule has 3 nitrogen and oxygen atoms in total. The molecule has 0 radical (unpaired) electrons. The predicted molar refractivity (Wildman–Crippen MR) is 68.6 cm³/mol. The maximum atomic E-state index is 9.42. The first-order valence-corrected chi connectivity index (χ1v) is 6.83. The third-order valence-corrected chi connectivity index (χ3v) is 3.50. The molecule has 0 saturated carbocycles. The standard InChI is InChI=1S/C13H28N2O/c1-3-14-9-12(2)10-15-8-6-4-5-7-13(15)11-16/h12-14,16H,3-11H2,1-2H3. The molecule has 1 rings (SSSR count). The summed E-state index contributed by atoms with van der Waals surface area (Å²) < 4.78 is 0. The zero-order chi connectivity index (χ0) is 11.8. The summed E-state index contributed by atoms with van der Waals surface area (Å²) in [5, 5.41) is 12.8. The van der Waals surface area contributed by atoms with Gasteiger partial charge >= 0.3 is 0 Å². The van der Waals surface area contributed by atoms with Crippen molar-refractivity contribution in [2.75, 3.05) is 32.8 Å². The van der Waals surface area contributed by atoms with Crippen LogP contribution in [-0.4, -0.2) is 48.8 Å². The average molecular weight is 228 g/mol. The van der Waals surface area contributed by atoms with Gasteiger partial charge in [-0.3, -0.25) is 4.90 Å². The van der Waals surface area contributed by atoms with E-state index in [1.165, 1.54) is 32.2 Å². The number of rotatable bonds is 6. The fourth-order valence-electron chi connectivity index (χ4n) is 2.54. The minimum absolute atomic E-state index is 0.327. The van der Waals surface area contributed by atoms with Gasteiger partial charge < -0.3 is 10.4 Å². The molecule has 0 aromatic carbocycles. The van der Waals surface area contributed by atoms with Crippen LogP contribution < -0.4 is 5.32 Å². The van der Waals surface area contributed by atoms with Gasteiger partial charge in [0.15, 0.2) is 0 Å². The summed E-state index contributed by atoms with van der Waals surface area (Å²) in [6.45, 7) is 9.20. The third kappa shape index (κ3) is 4.81. The molecule has 0 aromatic heterocycles. The largest absolute Gasteiger partial charge is 0.395 e. The quantitative estimate of drug-likeness (QED) is 0.722. The molecule has 3 heteroatoms. The molecule has 2 N–H and O–H groups in total. The van der Waals surface area contributed by atoms with E-state index >= 15 is 0 Å². The number of aliphatic hydroxyl groups is 1. The zero-order valence-electron chi connectivity index (χ0n) is 10.9. The van der Waals surface area contributed by atoms with Gasteiger partial charge in [0, 0.05) is 12.6 Å². The Bertz CT molecular complexity index is 175. The molecule has 1 saturated heterocycles. The van der Waals surface area contributed by atoms with Crippen molar-refractivity contribution in [3.63, 3.8) is 0 Å². The number of hydrogen-bond donors (Lipinski definition) is 2. The minimum Gasteiger partial charge on any atom is -0.395 e. The SMILES string of the molecule is CCNCC(C)CN1CCCCCC1CO. The highest BCUT2D eigenvalue weighted by molar-refractivity contribution is 4.76. The fourth-order valence-corrected chi connectivity index (χ4v) is 2.54. The number of nitrogens with one attached hydrogen (secondary N) is 1. The van der Waals surface area contributed by atoms with Crippen molar-refractivity contribution in [3.8, 4) is 0 Å². The van der Waals surface area contributed by atoms with Crippen molar-refractivity contribution in [2.24, 2.45) is 5.92 Å². The Kier molecular flexibility index (Phi) is 7.01. The Morgan fingerprint density at radius 1 is 1.38 bits per heavy atom. The maximum Gasteiger partial charge on any atom is 0.0586 e. The van der Waals surface area contributed by atoms with Crippen molar-refractivity contribution in [1.82, 2.24) is 10.2 Å². The second-order valence-electron chi connectivity index (χ2n) is 5.09. The lowest BCUT2D eigenvalue weighted by molar-refractivity contribution is 0.111. The van der Waals surface area contributed by atoms with Crippen LogP contribution in [0.3, 0.4) is 0 Å². The second kappa shape index (κ2) is 8.04. The Hall–Kier alpha value is -0.120. The lowest BCUT2D eigenvalue weighted by Crippen LogP contribution is -2.42. The van der Waals surface area contributed by atoms with Crippen molar-refractivity contribution < 1.29 is 5.11 Å². The Morgan fingerprint density at radius 2 is 2.19 bits per heavy atom. The van der Waals surface area contributed by atoms with Crippen LogP contribution in [0.15, 0.2) is 0 Å². The fraction of sp³-hybridized carbons (Fsp3) is 1.00. The predicted octanol–water partition coefficient (Wildman–Crippen LogP) is 1.47. The van der Waals surface area contributed by atoms with E-state index in [9.17, 15) is 5.11 Å². The van der Waals surface area contributed by atoms with Crippen molar-refractivity contribution in [1.29, 1.82) is 0 Å². The van der Waals surface area contributed by atoms with E-state index in [-0.39, 0.29) is 0 Å². The normalized spacial score (nSPS) is 25.3. The van der Waals surface area contributed by atoms with E-state index in [0.29, 0.717) is 18.6 Å². The molecule has 2 atom stereocenters. The van der Waals surface area contributed by atoms with E-state index < -0.39 is 0 Å². The highest BCUT2D eigenvalue weighted by atomic mass is 16.3. The van der Waals surface area contributed by atoms with Crippen LogP contribution in [0.5, 0.6) is 0 Å². The first-order valence-electron chi connectivity index (χ1n) is 6.83. The zero-order valence-corrected chi connectivity index (χ0v) is 10.9. The number of likely N-dealkylation sites (tertiary alicyclic amines) is 1. The van der Waals surface area contributed by atoms with Gasteiger partial charge in [0.2, 0.25) is 0 Å². The lowest BCUT2D eigenvalue weighted by atomic mass is 10.1. The Labute approximate surface area is 100 Å². The molecule has 1 aliphatic rings. The molecule has 0 aromatic rings. The number of hydrogen-bond acceptors (Lipinski definition) is 3. The van der Waals surface area contributed by atoms with Crippen molar-refractivity contribution in [3.05, 3.63) is 0 Å². The second-order valence-corrected chi connectivity index (χ2v) is 5.09. The summed E-state index contributed by atoms with van der Waals surface area (Å²) in [5.74, 6) is 0.673. The van der Waals surface area contributed by atoms with Crippen LogP contribution in [0.25, 0.3) is 0 Å². The van der Waals surface area contributed by atoms with Crippen LogP contribution >= 0.6 is 0 Å². The number of aliphatic hydroxyl groups excluding tert-OH is 1. The molecule has 0 bridgehead atoms. The van der Waals surface area contributed by atoms with Crippen LogP contribution in [0.4, 0.5) is 0 Å². The topological polar surface area (TPSA) is 35.5 Å². The van der Waals surface area contributed by atoms with Crippen molar-refractivity contribution >= 4 is 0 Å². The van der Waals surface area contributed by atoms with Crippen molar-refractivity contribution in [2.45, 2.75) is 45.6 Å². The van der Waals surface area contributed by atoms with Gasteiger partial charge in [-0.05, 0) is 38.4 Å². The summed E-state index contributed by atoms with van der Waals surface area (Å²) in [5.41, 5.74) is 0. The van der Waals surface area contributed by atoms with Crippen LogP contribution in [0.1, 0.15) is 39.5 Å². The van der Waals surface area contributed by atoms with E-state index in [4.69, 9.17) is 0 Å². The summed E-state index contributed by atoms with van der Waals surface area (Å²) in [7, 11) is 0. The summed E-state index contributed by atoms with van der Waals surface area (Å²) >= 11 is 0. The maximum absolute atomic E-state index is 9.42. The summed E-state index contributed by atoms with van der Waals surface area (Å²) in [6, 6.07) is 0.409. The number of nitrogens with zero attached hydrogens (tertiary/aromatic N) is 1. The first-order chi connectivity index (χ1) is 7.77.